The van der Waals surface area contributed by atoms with Crippen LogP contribution in [0.3, 0.4) is 0 Å². The molecule has 32 heavy (non-hydrogen) atoms. The first-order valence-electron chi connectivity index (χ1n) is 10.4. The molecule has 6 heteroatoms. The van der Waals surface area contributed by atoms with Gasteiger partial charge in [0.15, 0.2) is 11.5 Å². The van der Waals surface area contributed by atoms with Gasteiger partial charge in [0.1, 0.15) is 0 Å². The highest BCUT2D eigenvalue weighted by molar-refractivity contribution is 5.95. The zero-order valence-electron chi connectivity index (χ0n) is 19.2. The molecule has 1 atom stereocenters. The zero-order chi connectivity index (χ0) is 23.1. The number of rotatable bonds is 9. The molecule has 0 saturated carbocycles. The number of nitrogens with one attached hydrogen (secondary N) is 1. The van der Waals surface area contributed by atoms with Crippen molar-refractivity contribution in [3.05, 3.63) is 83.4 Å². The molecule has 0 aliphatic carbocycles. The number of anilines is 1. The minimum atomic E-state index is -0.220. The molecule has 0 radical (unpaired) electrons. The third kappa shape index (κ3) is 5.32. The lowest BCUT2D eigenvalue weighted by Gasteiger charge is -2.21. The van der Waals surface area contributed by atoms with E-state index in [4.69, 9.17) is 14.2 Å². The summed E-state index contributed by atoms with van der Waals surface area (Å²) in [5.41, 5.74) is 3.82. The molecule has 6 nitrogen and oxygen atoms in total. The van der Waals surface area contributed by atoms with Crippen molar-refractivity contribution >= 4 is 11.6 Å². The Hall–Kier alpha value is -3.67. The van der Waals surface area contributed by atoms with Gasteiger partial charge >= 0.3 is 0 Å². The standard InChI is InChI=1S/C26H30N2O4/c1-18(27-26(29)21-15-23(30-3)25(32-5)24(16-21)31-4)20-11-13-22(14-12-20)28(2)17-19-9-7-6-8-10-19/h6-16,18H,17H2,1-5H3,(H,27,29). The van der Waals surface area contributed by atoms with Gasteiger partial charge in [-0.1, -0.05) is 42.5 Å². The molecule has 0 fully saturated rings. The van der Waals surface area contributed by atoms with E-state index in [2.05, 4.69) is 41.5 Å². The van der Waals surface area contributed by atoms with Crippen molar-refractivity contribution in [2.75, 3.05) is 33.3 Å². The Bertz CT molecular complexity index is 1010. The number of methoxy groups -OCH3 is 3. The summed E-state index contributed by atoms with van der Waals surface area (Å²) in [5, 5.41) is 3.04. The van der Waals surface area contributed by atoms with Gasteiger partial charge in [-0.15, -0.1) is 0 Å². The molecule has 0 aromatic heterocycles. The van der Waals surface area contributed by atoms with Crippen molar-refractivity contribution in [1.82, 2.24) is 5.32 Å². The van der Waals surface area contributed by atoms with Crippen LogP contribution in [0.1, 0.15) is 34.5 Å². The van der Waals surface area contributed by atoms with Crippen LogP contribution in [0.4, 0.5) is 5.69 Å². The fraction of sp³-hybridized carbons (Fsp3) is 0.269. The molecular formula is C26H30N2O4. The summed E-state index contributed by atoms with van der Waals surface area (Å²) < 4.78 is 16.0. The number of carbonyl (C=O) groups excluding carboxylic acids is 1. The molecule has 0 spiro atoms. The Balaban J connectivity index is 1.69. The minimum absolute atomic E-state index is 0.171. The van der Waals surface area contributed by atoms with Crippen LogP contribution < -0.4 is 24.4 Å². The van der Waals surface area contributed by atoms with E-state index in [9.17, 15) is 4.79 Å². The molecule has 0 heterocycles. The SMILES string of the molecule is COc1cc(C(=O)NC(C)c2ccc(N(C)Cc3ccccc3)cc2)cc(OC)c1OC. The van der Waals surface area contributed by atoms with Gasteiger partial charge < -0.3 is 24.4 Å². The molecule has 3 aromatic carbocycles. The third-order valence-electron chi connectivity index (χ3n) is 5.37. The van der Waals surface area contributed by atoms with Crippen LogP contribution in [0.15, 0.2) is 66.7 Å². The monoisotopic (exact) mass is 434 g/mol. The molecule has 0 aliphatic rings. The van der Waals surface area contributed by atoms with Crippen molar-refractivity contribution in [3.8, 4) is 17.2 Å². The van der Waals surface area contributed by atoms with E-state index >= 15 is 0 Å². The van der Waals surface area contributed by atoms with E-state index in [0.29, 0.717) is 22.8 Å². The number of hydrogen-bond donors (Lipinski definition) is 1. The second-order valence-electron chi connectivity index (χ2n) is 7.54. The summed E-state index contributed by atoms with van der Waals surface area (Å²) >= 11 is 0. The number of amides is 1. The van der Waals surface area contributed by atoms with E-state index < -0.39 is 0 Å². The lowest BCUT2D eigenvalue weighted by Crippen LogP contribution is -2.26. The molecule has 0 bridgehead atoms. The smallest absolute Gasteiger partial charge is 0.252 e. The van der Waals surface area contributed by atoms with Gasteiger partial charge in [0, 0.05) is 24.8 Å². The lowest BCUT2D eigenvalue weighted by atomic mass is 10.1. The molecular weight excluding hydrogens is 404 g/mol. The first kappa shape index (κ1) is 23.0. The summed E-state index contributed by atoms with van der Waals surface area (Å²) in [4.78, 5) is 15.1. The Morgan fingerprint density at radius 1 is 0.906 bits per heavy atom. The second-order valence-corrected chi connectivity index (χ2v) is 7.54. The van der Waals surface area contributed by atoms with Crippen molar-refractivity contribution in [1.29, 1.82) is 0 Å². The largest absolute Gasteiger partial charge is 0.493 e. The maximum Gasteiger partial charge on any atom is 0.252 e. The van der Waals surface area contributed by atoms with Crippen molar-refractivity contribution < 1.29 is 19.0 Å². The molecule has 1 amide bonds. The van der Waals surface area contributed by atoms with Gasteiger partial charge in [0.25, 0.3) is 5.91 Å². The van der Waals surface area contributed by atoms with Gasteiger partial charge in [-0.25, -0.2) is 0 Å². The fourth-order valence-corrected chi connectivity index (χ4v) is 3.54. The number of ether oxygens (including phenoxy) is 3. The van der Waals surface area contributed by atoms with Crippen molar-refractivity contribution in [2.24, 2.45) is 0 Å². The van der Waals surface area contributed by atoms with Gasteiger partial charge in [-0.2, -0.15) is 0 Å². The van der Waals surface area contributed by atoms with Gasteiger partial charge in [0.2, 0.25) is 5.75 Å². The molecule has 3 aromatic rings. The molecule has 168 valence electrons. The molecule has 1 N–H and O–H groups in total. The van der Waals surface area contributed by atoms with Crippen LogP contribution in [0, 0.1) is 0 Å². The maximum absolute atomic E-state index is 12.9. The van der Waals surface area contributed by atoms with Crippen LogP contribution in [-0.2, 0) is 6.54 Å². The van der Waals surface area contributed by atoms with Crippen LogP contribution in [0.5, 0.6) is 17.2 Å². The fourth-order valence-electron chi connectivity index (χ4n) is 3.54. The minimum Gasteiger partial charge on any atom is -0.493 e. The van der Waals surface area contributed by atoms with E-state index in [1.807, 2.05) is 37.3 Å². The van der Waals surface area contributed by atoms with E-state index in [-0.39, 0.29) is 11.9 Å². The predicted molar refractivity (Wildman–Crippen MR) is 127 cm³/mol. The highest BCUT2D eigenvalue weighted by Gasteiger charge is 2.18. The second kappa shape index (κ2) is 10.6. The van der Waals surface area contributed by atoms with E-state index in [1.54, 1.807) is 12.1 Å². The highest BCUT2D eigenvalue weighted by Crippen LogP contribution is 2.38. The Morgan fingerprint density at radius 2 is 1.50 bits per heavy atom. The van der Waals surface area contributed by atoms with E-state index in [0.717, 1.165) is 17.8 Å². The quantitative estimate of drug-likeness (QED) is 0.522. The zero-order valence-corrected chi connectivity index (χ0v) is 19.2. The number of carbonyl (C=O) groups is 1. The van der Waals surface area contributed by atoms with E-state index in [1.165, 1.54) is 26.9 Å². The molecule has 1 unspecified atom stereocenters. The highest BCUT2D eigenvalue weighted by atomic mass is 16.5. The summed E-state index contributed by atoms with van der Waals surface area (Å²) in [6, 6.07) is 21.7. The third-order valence-corrected chi connectivity index (χ3v) is 5.37. The summed E-state index contributed by atoms with van der Waals surface area (Å²) in [5.74, 6) is 1.11. The summed E-state index contributed by atoms with van der Waals surface area (Å²) in [7, 11) is 6.65. The van der Waals surface area contributed by atoms with Gasteiger partial charge in [-0.3, -0.25) is 4.79 Å². The lowest BCUT2D eigenvalue weighted by molar-refractivity contribution is 0.0939. The first-order chi connectivity index (χ1) is 15.5. The predicted octanol–water partition coefficient (Wildman–Crippen LogP) is 4.84. The maximum atomic E-state index is 12.9. The van der Waals surface area contributed by atoms with Gasteiger partial charge in [-0.05, 0) is 42.3 Å². The first-order valence-corrected chi connectivity index (χ1v) is 10.4. The Kier molecular flexibility index (Phi) is 7.60. The topological polar surface area (TPSA) is 60.0 Å². The summed E-state index contributed by atoms with van der Waals surface area (Å²) in [6.45, 7) is 2.78. The number of nitrogens with zero attached hydrogens (tertiary/aromatic N) is 1. The average Bonchev–Trinajstić information content (AvgIpc) is 2.83. The normalized spacial score (nSPS) is 11.4. The average molecular weight is 435 g/mol. The van der Waals surface area contributed by atoms with Crippen LogP contribution >= 0.6 is 0 Å². The van der Waals surface area contributed by atoms with Gasteiger partial charge in [0.05, 0.1) is 27.4 Å². The number of hydrogen-bond acceptors (Lipinski definition) is 5. The molecule has 3 rings (SSSR count). The van der Waals surface area contributed by atoms with Crippen molar-refractivity contribution in [3.63, 3.8) is 0 Å². The van der Waals surface area contributed by atoms with Crippen LogP contribution in [0.2, 0.25) is 0 Å². The van der Waals surface area contributed by atoms with Crippen LogP contribution in [0.25, 0.3) is 0 Å². The van der Waals surface area contributed by atoms with Crippen LogP contribution in [-0.4, -0.2) is 34.3 Å². The van der Waals surface area contributed by atoms with Crippen molar-refractivity contribution in [2.45, 2.75) is 19.5 Å². The molecule has 0 aliphatic heterocycles. The Morgan fingerprint density at radius 3 is 2.03 bits per heavy atom. The summed E-state index contributed by atoms with van der Waals surface area (Å²) in [6.07, 6.45) is 0. The number of benzene rings is 3. The Labute approximate surface area is 189 Å². The molecule has 0 saturated heterocycles.